The number of amides is 1. The first-order valence-electron chi connectivity index (χ1n) is 12.5. The fraction of sp³-hybridized carbons (Fsp3) is 0.172. The second kappa shape index (κ2) is 11.1. The molecule has 3 aromatic carbocycles. The molecule has 1 saturated heterocycles. The average Bonchev–Trinajstić information content (AvgIpc) is 3.64. The lowest BCUT2D eigenvalue weighted by atomic mass is 9.94. The van der Waals surface area contributed by atoms with Crippen LogP contribution in [0.2, 0.25) is 10.0 Å². The molecule has 2 atom stereocenters. The normalized spacial score (nSPS) is 19.5. The molecule has 7 nitrogen and oxygen atoms in total. The molecule has 2 unspecified atom stereocenters. The molecule has 1 aromatic heterocycles. The molecule has 1 fully saturated rings. The number of hydrogen-bond acceptors (Lipinski definition) is 8. The van der Waals surface area contributed by atoms with E-state index in [9.17, 15) is 19.1 Å². The van der Waals surface area contributed by atoms with Gasteiger partial charge in [0.2, 0.25) is 5.13 Å². The number of nitrogens with zero attached hydrogens (tertiary/aromatic N) is 3. The molecule has 4 aromatic rings. The monoisotopic (exact) mass is 627 g/mol. The lowest BCUT2D eigenvalue weighted by molar-refractivity contribution is -0.132. The van der Waals surface area contributed by atoms with E-state index in [1.807, 2.05) is 6.92 Å². The Kier molecular flexibility index (Phi) is 7.50. The number of carbonyl (C=O) groups excluding carboxylic acids is 2. The van der Waals surface area contributed by atoms with Crippen LogP contribution in [0.15, 0.2) is 70.6 Å². The van der Waals surface area contributed by atoms with Gasteiger partial charge in [0, 0.05) is 17.7 Å². The zero-order chi connectivity index (χ0) is 28.8. The van der Waals surface area contributed by atoms with Crippen LogP contribution >= 0.6 is 46.3 Å². The number of aliphatic hydroxyl groups excluding tert-OH is 1. The van der Waals surface area contributed by atoms with E-state index in [1.165, 1.54) is 22.7 Å². The highest BCUT2D eigenvalue weighted by Gasteiger charge is 2.48. The third-order valence-corrected chi connectivity index (χ3v) is 9.63. The molecule has 2 aliphatic heterocycles. The smallest absolute Gasteiger partial charge is 0.301 e. The van der Waals surface area contributed by atoms with Gasteiger partial charge in [0.15, 0.2) is 4.34 Å². The van der Waals surface area contributed by atoms with E-state index in [1.54, 1.807) is 54.6 Å². The fourth-order valence-electron chi connectivity index (χ4n) is 4.87. The average molecular weight is 629 g/mol. The number of Topliss-reactive ketones (excluding diaryl/α,β-unsaturated/α-hetero) is 1. The maximum absolute atomic E-state index is 14.1. The quantitative estimate of drug-likeness (QED) is 0.0792. The molecule has 0 aliphatic carbocycles. The van der Waals surface area contributed by atoms with Gasteiger partial charge in [0.1, 0.15) is 23.4 Å². The Balaban J connectivity index is 1.41. The lowest BCUT2D eigenvalue weighted by Crippen LogP contribution is -2.29. The second-order valence-corrected chi connectivity index (χ2v) is 12.5. The van der Waals surface area contributed by atoms with Crippen LogP contribution in [-0.4, -0.2) is 33.1 Å². The van der Waals surface area contributed by atoms with Gasteiger partial charge in [-0.25, -0.2) is 4.39 Å². The summed E-state index contributed by atoms with van der Waals surface area (Å²) in [5.74, 6) is -1.39. The Labute approximate surface area is 252 Å². The van der Waals surface area contributed by atoms with Crippen molar-refractivity contribution in [2.24, 2.45) is 0 Å². The van der Waals surface area contributed by atoms with Gasteiger partial charge < -0.3 is 9.84 Å². The lowest BCUT2D eigenvalue weighted by Gasteiger charge is -2.23. The number of carbonyl (C=O) groups is 2. The van der Waals surface area contributed by atoms with Crippen LogP contribution < -0.4 is 9.64 Å². The minimum atomic E-state index is -1.05. The highest BCUT2D eigenvalue weighted by Crippen LogP contribution is 2.45. The van der Waals surface area contributed by atoms with Gasteiger partial charge in [-0.1, -0.05) is 70.6 Å². The topological polar surface area (TPSA) is 92.6 Å². The van der Waals surface area contributed by atoms with Crippen molar-refractivity contribution in [1.29, 1.82) is 0 Å². The van der Waals surface area contributed by atoms with Crippen molar-refractivity contribution in [2.75, 3.05) is 4.90 Å². The first kappa shape index (κ1) is 27.7. The molecule has 3 heterocycles. The summed E-state index contributed by atoms with van der Waals surface area (Å²) in [7, 11) is 0. The largest absolute Gasteiger partial charge is 0.507 e. The number of ketones is 1. The molecule has 208 valence electrons. The number of rotatable bonds is 6. The van der Waals surface area contributed by atoms with Crippen LogP contribution in [0.3, 0.4) is 0 Å². The Morgan fingerprint density at radius 1 is 1.12 bits per heavy atom. The van der Waals surface area contributed by atoms with Crippen LogP contribution in [0.4, 0.5) is 9.52 Å². The Bertz CT molecular complexity index is 1740. The number of halogens is 3. The highest BCUT2D eigenvalue weighted by atomic mass is 35.5. The zero-order valence-electron chi connectivity index (χ0n) is 21.3. The third kappa shape index (κ3) is 5.21. The van der Waals surface area contributed by atoms with E-state index < -0.39 is 17.7 Å². The van der Waals surface area contributed by atoms with Gasteiger partial charge in [0.25, 0.3) is 5.78 Å². The molecule has 2 aliphatic rings. The van der Waals surface area contributed by atoms with E-state index in [4.69, 9.17) is 27.9 Å². The number of ether oxygens (including phenoxy) is 1. The van der Waals surface area contributed by atoms with Gasteiger partial charge in [-0.15, -0.1) is 10.2 Å². The summed E-state index contributed by atoms with van der Waals surface area (Å²) in [5.41, 5.74) is 2.11. The summed E-state index contributed by atoms with van der Waals surface area (Å²) in [6.07, 6.45) is 0.645. The number of fused-ring (bicyclic) bond motifs is 1. The fourth-order valence-corrected chi connectivity index (χ4v) is 7.03. The highest BCUT2D eigenvalue weighted by molar-refractivity contribution is 8.00. The number of aliphatic hydroxyl groups is 1. The Morgan fingerprint density at radius 3 is 2.71 bits per heavy atom. The van der Waals surface area contributed by atoms with Crippen molar-refractivity contribution in [3.63, 3.8) is 0 Å². The number of benzene rings is 3. The van der Waals surface area contributed by atoms with Gasteiger partial charge in [0.05, 0.1) is 21.7 Å². The SMILES string of the molecule is CC1Cc2cc(/C(O)=C3\C(=O)C(=O)N(c4nnc(SCc5ccccc5F)s4)C3c3ccc(Cl)c(Cl)c3)ccc2O1. The predicted octanol–water partition coefficient (Wildman–Crippen LogP) is 7.23. The number of thioether (sulfide) groups is 1. The molecule has 0 saturated carbocycles. The molecule has 0 spiro atoms. The molecular weight excluding hydrogens is 608 g/mol. The second-order valence-electron chi connectivity index (χ2n) is 9.53. The van der Waals surface area contributed by atoms with E-state index in [-0.39, 0.29) is 33.4 Å². The van der Waals surface area contributed by atoms with Crippen LogP contribution in [0.5, 0.6) is 5.75 Å². The molecule has 41 heavy (non-hydrogen) atoms. The molecule has 1 amide bonds. The molecule has 1 N–H and O–H groups in total. The molecular formula is C29H20Cl2FN3O4S2. The van der Waals surface area contributed by atoms with Gasteiger partial charge in [-0.05, 0) is 60.0 Å². The Hall–Kier alpha value is -3.44. The van der Waals surface area contributed by atoms with Crippen LogP contribution in [-0.2, 0) is 21.8 Å². The van der Waals surface area contributed by atoms with E-state index in [0.717, 1.165) is 16.9 Å². The standard InChI is InChI=1S/C29H20Cl2FN3O4S2/c1-14-10-18-11-16(7-9-22(18)39-14)25(36)23-24(15-6-8-19(30)20(31)12-15)35(27(38)26(23)37)28-33-34-29(41-28)40-13-17-4-2-3-5-21(17)32/h2-9,11-12,14,24,36H,10,13H2,1H3/b25-23+. The zero-order valence-corrected chi connectivity index (χ0v) is 24.5. The van der Waals surface area contributed by atoms with Crippen molar-refractivity contribution in [3.8, 4) is 5.75 Å². The first-order chi connectivity index (χ1) is 19.7. The molecule has 12 heteroatoms. The minimum absolute atomic E-state index is 0.00737. The maximum atomic E-state index is 14.1. The minimum Gasteiger partial charge on any atom is -0.507 e. The van der Waals surface area contributed by atoms with Crippen molar-refractivity contribution < 1.29 is 23.8 Å². The van der Waals surface area contributed by atoms with Crippen LogP contribution in [0.25, 0.3) is 5.76 Å². The predicted molar refractivity (Wildman–Crippen MR) is 157 cm³/mol. The molecule has 0 radical (unpaired) electrons. The van der Waals surface area contributed by atoms with E-state index in [2.05, 4.69) is 10.2 Å². The first-order valence-corrected chi connectivity index (χ1v) is 15.0. The van der Waals surface area contributed by atoms with E-state index in [0.29, 0.717) is 44.0 Å². The summed E-state index contributed by atoms with van der Waals surface area (Å²) in [6.45, 7) is 1.94. The number of anilines is 1. The third-order valence-electron chi connectivity index (χ3n) is 6.78. The maximum Gasteiger partial charge on any atom is 0.301 e. The summed E-state index contributed by atoms with van der Waals surface area (Å²) >= 11 is 14.8. The van der Waals surface area contributed by atoms with Gasteiger partial charge in [-0.3, -0.25) is 14.5 Å². The Morgan fingerprint density at radius 2 is 1.93 bits per heavy atom. The summed E-state index contributed by atoms with van der Waals surface area (Å²) in [5, 5.41) is 20.5. The number of hydrogen-bond donors (Lipinski definition) is 1. The van der Waals surface area contributed by atoms with E-state index >= 15 is 0 Å². The van der Waals surface area contributed by atoms with Crippen molar-refractivity contribution >= 4 is 68.9 Å². The van der Waals surface area contributed by atoms with Gasteiger partial charge >= 0.3 is 5.91 Å². The van der Waals surface area contributed by atoms with Crippen molar-refractivity contribution in [3.05, 3.63) is 104 Å². The number of aromatic nitrogens is 2. The molecule has 0 bridgehead atoms. The van der Waals surface area contributed by atoms with Crippen LogP contribution in [0.1, 0.15) is 35.2 Å². The van der Waals surface area contributed by atoms with Crippen molar-refractivity contribution in [1.82, 2.24) is 10.2 Å². The molecule has 6 rings (SSSR count). The van der Waals surface area contributed by atoms with Crippen molar-refractivity contribution in [2.45, 2.75) is 35.6 Å². The van der Waals surface area contributed by atoms with Crippen LogP contribution in [0, 0.1) is 5.82 Å². The van der Waals surface area contributed by atoms with Gasteiger partial charge in [-0.2, -0.15) is 0 Å². The summed E-state index contributed by atoms with van der Waals surface area (Å²) < 4.78 is 20.3. The summed E-state index contributed by atoms with van der Waals surface area (Å²) in [4.78, 5) is 28.2. The summed E-state index contributed by atoms with van der Waals surface area (Å²) in [6, 6.07) is 15.3.